The topological polar surface area (TPSA) is 61.8 Å². The molecule has 21 heavy (non-hydrogen) atoms. The monoisotopic (exact) mass is 296 g/mol. The van der Waals surface area contributed by atoms with Crippen molar-refractivity contribution in [1.82, 2.24) is 4.90 Å². The van der Waals surface area contributed by atoms with Crippen molar-refractivity contribution in [3.05, 3.63) is 24.0 Å². The van der Waals surface area contributed by atoms with Gasteiger partial charge in [-0.25, -0.2) is 9.18 Å². The van der Waals surface area contributed by atoms with E-state index < -0.39 is 5.82 Å². The number of aliphatic hydroxyl groups excluding tert-OH is 1. The quantitative estimate of drug-likeness (QED) is 0.878. The van der Waals surface area contributed by atoms with E-state index in [9.17, 15) is 14.3 Å². The van der Waals surface area contributed by atoms with Gasteiger partial charge in [0.15, 0.2) is 0 Å². The molecule has 1 aliphatic rings. The third-order valence-electron chi connectivity index (χ3n) is 3.50. The fourth-order valence-electron chi connectivity index (χ4n) is 2.41. The van der Waals surface area contributed by atoms with Crippen molar-refractivity contribution in [2.45, 2.75) is 32.2 Å². The molecule has 2 amide bonds. The number of aliphatic hydroxyl groups is 1. The lowest BCUT2D eigenvalue weighted by molar-refractivity contribution is 0.166. The highest BCUT2D eigenvalue weighted by Gasteiger charge is 2.28. The Hall–Kier alpha value is -1.82. The first-order valence-electron chi connectivity index (χ1n) is 7.26. The standard InChI is InChI=1S/C15H21FN2O3/c1-2-8-21-14-9-11(16)5-6-13(14)17-15(20)18-7-3-4-12(18)10-19/h5-6,9,12,19H,2-4,7-8,10H2,1H3,(H,17,20). The lowest BCUT2D eigenvalue weighted by Gasteiger charge is -2.24. The van der Waals surface area contributed by atoms with Gasteiger partial charge >= 0.3 is 6.03 Å². The van der Waals surface area contributed by atoms with Gasteiger partial charge in [0.1, 0.15) is 11.6 Å². The summed E-state index contributed by atoms with van der Waals surface area (Å²) < 4.78 is 18.8. The number of likely N-dealkylation sites (tertiary alicyclic amines) is 1. The van der Waals surface area contributed by atoms with E-state index in [2.05, 4.69) is 5.32 Å². The molecule has 1 aliphatic heterocycles. The van der Waals surface area contributed by atoms with E-state index in [4.69, 9.17) is 4.74 Å². The Balaban J connectivity index is 2.09. The Bertz CT molecular complexity index is 496. The van der Waals surface area contributed by atoms with Gasteiger partial charge in [0.2, 0.25) is 0 Å². The Kier molecular flexibility index (Phi) is 5.38. The minimum Gasteiger partial charge on any atom is -0.491 e. The van der Waals surface area contributed by atoms with Gasteiger partial charge in [-0.1, -0.05) is 6.92 Å². The number of anilines is 1. The molecule has 0 saturated carbocycles. The number of ether oxygens (including phenoxy) is 1. The van der Waals surface area contributed by atoms with Crippen LogP contribution in [0.15, 0.2) is 18.2 Å². The normalized spacial score (nSPS) is 17.9. The number of carbonyl (C=O) groups excluding carboxylic acids is 1. The molecule has 0 aromatic heterocycles. The second-order valence-corrected chi connectivity index (χ2v) is 5.09. The van der Waals surface area contributed by atoms with E-state index in [1.54, 1.807) is 4.90 Å². The number of halogens is 1. The van der Waals surface area contributed by atoms with Gasteiger partial charge in [0.05, 0.1) is 24.9 Å². The lowest BCUT2D eigenvalue weighted by atomic mass is 10.2. The molecule has 1 fully saturated rings. The molecule has 0 bridgehead atoms. The Morgan fingerprint density at radius 3 is 3.10 bits per heavy atom. The van der Waals surface area contributed by atoms with Crippen LogP contribution in [0, 0.1) is 5.82 Å². The predicted molar refractivity (Wildman–Crippen MR) is 78.0 cm³/mol. The smallest absolute Gasteiger partial charge is 0.322 e. The number of nitrogens with zero attached hydrogens (tertiary/aromatic N) is 1. The van der Waals surface area contributed by atoms with E-state index in [0.717, 1.165) is 19.3 Å². The van der Waals surface area contributed by atoms with Crippen LogP contribution >= 0.6 is 0 Å². The van der Waals surface area contributed by atoms with Gasteiger partial charge in [-0.15, -0.1) is 0 Å². The largest absolute Gasteiger partial charge is 0.491 e. The predicted octanol–water partition coefficient (Wildman–Crippen LogP) is 2.60. The molecule has 1 saturated heterocycles. The average Bonchev–Trinajstić information content (AvgIpc) is 2.96. The minimum atomic E-state index is -0.409. The summed E-state index contributed by atoms with van der Waals surface area (Å²) in [6, 6.07) is 3.59. The fourth-order valence-corrected chi connectivity index (χ4v) is 2.41. The van der Waals surface area contributed by atoms with Gasteiger partial charge in [-0.3, -0.25) is 0 Å². The molecule has 6 heteroatoms. The van der Waals surface area contributed by atoms with Crippen molar-refractivity contribution in [2.24, 2.45) is 0 Å². The summed E-state index contributed by atoms with van der Waals surface area (Å²) in [5.41, 5.74) is 0.443. The molecule has 2 N–H and O–H groups in total. The van der Waals surface area contributed by atoms with Gasteiger partial charge < -0.3 is 20.1 Å². The molecule has 1 aromatic rings. The van der Waals surface area contributed by atoms with Gasteiger partial charge in [-0.2, -0.15) is 0 Å². The summed E-state index contributed by atoms with van der Waals surface area (Å²) in [5.74, 6) is -0.0848. The summed E-state index contributed by atoms with van der Waals surface area (Å²) in [4.78, 5) is 13.9. The first kappa shape index (κ1) is 15.6. The molecule has 5 nitrogen and oxygen atoms in total. The van der Waals surface area contributed by atoms with Crippen LogP contribution in [0.3, 0.4) is 0 Å². The maximum Gasteiger partial charge on any atom is 0.322 e. The third kappa shape index (κ3) is 3.85. The maximum atomic E-state index is 13.3. The highest BCUT2D eigenvalue weighted by Crippen LogP contribution is 2.27. The molecule has 2 rings (SSSR count). The molecule has 116 valence electrons. The van der Waals surface area contributed by atoms with Gasteiger partial charge in [0.25, 0.3) is 0 Å². The molecule has 0 radical (unpaired) electrons. The fraction of sp³-hybridized carbons (Fsp3) is 0.533. The minimum absolute atomic E-state index is 0.0456. The van der Waals surface area contributed by atoms with Crippen LogP contribution in [0.2, 0.25) is 0 Å². The zero-order chi connectivity index (χ0) is 15.2. The van der Waals surface area contributed by atoms with E-state index >= 15 is 0 Å². The Morgan fingerprint density at radius 1 is 1.57 bits per heavy atom. The van der Waals surface area contributed by atoms with Crippen LogP contribution in [0.4, 0.5) is 14.9 Å². The molecule has 1 unspecified atom stereocenters. The zero-order valence-electron chi connectivity index (χ0n) is 12.1. The molecule has 1 aromatic carbocycles. The van der Waals surface area contributed by atoms with Crippen LogP contribution in [0.1, 0.15) is 26.2 Å². The Morgan fingerprint density at radius 2 is 2.38 bits per heavy atom. The summed E-state index contributed by atoms with van der Waals surface area (Å²) in [5, 5.41) is 12.0. The highest BCUT2D eigenvalue weighted by atomic mass is 19.1. The van der Waals surface area contributed by atoms with Crippen molar-refractivity contribution < 1.29 is 19.0 Å². The van der Waals surface area contributed by atoms with Crippen LogP contribution in [0.25, 0.3) is 0 Å². The first-order valence-corrected chi connectivity index (χ1v) is 7.26. The van der Waals surface area contributed by atoms with Gasteiger partial charge in [0, 0.05) is 12.6 Å². The van der Waals surface area contributed by atoms with Crippen LogP contribution in [0.5, 0.6) is 5.75 Å². The molecule has 1 atom stereocenters. The first-order chi connectivity index (χ1) is 10.2. The molecule has 0 spiro atoms. The molecule has 0 aliphatic carbocycles. The van der Waals surface area contributed by atoms with E-state index in [1.807, 2.05) is 6.92 Å². The number of hydrogen-bond donors (Lipinski definition) is 2. The maximum absolute atomic E-state index is 13.3. The Labute approximate surface area is 123 Å². The third-order valence-corrected chi connectivity index (χ3v) is 3.50. The van der Waals surface area contributed by atoms with E-state index in [-0.39, 0.29) is 18.7 Å². The summed E-state index contributed by atoms with van der Waals surface area (Å²) in [6.07, 6.45) is 2.47. The number of urea groups is 1. The second kappa shape index (κ2) is 7.26. The summed E-state index contributed by atoms with van der Waals surface area (Å²) >= 11 is 0. The lowest BCUT2D eigenvalue weighted by Crippen LogP contribution is -2.40. The van der Waals surface area contributed by atoms with Crippen LogP contribution in [-0.2, 0) is 0 Å². The molecular formula is C15H21FN2O3. The number of nitrogens with one attached hydrogen (secondary N) is 1. The number of benzene rings is 1. The second-order valence-electron chi connectivity index (χ2n) is 5.09. The summed E-state index contributed by atoms with van der Waals surface area (Å²) in [7, 11) is 0. The SMILES string of the molecule is CCCOc1cc(F)ccc1NC(=O)N1CCCC1CO. The number of hydrogen-bond acceptors (Lipinski definition) is 3. The summed E-state index contributed by atoms with van der Waals surface area (Å²) in [6.45, 7) is 2.97. The van der Waals surface area contributed by atoms with Crippen molar-refractivity contribution >= 4 is 11.7 Å². The van der Waals surface area contributed by atoms with Crippen molar-refractivity contribution in [3.63, 3.8) is 0 Å². The van der Waals surface area contributed by atoms with Crippen molar-refractivity contribution in [2.75, 3.05) is 25.1 Å². The van der Waals surface area contributed by atoms with Crippen LogP contribution < -0.4 is 10.1 Å². The highest BCUT2D eigenvalue weighted by molar-refractivity contribution is 5.91. The number of carbonyl (C=O) groups is 1. The van der Waals surface area contributed by atoms with Crippen molar-refractivity contribution in [1.29, 1.82) is 0 Å². The van der Waals surface area contributed by atoms with Gasteiger partial charge in [-0.05, 0) is 31.4 Å². The molecular weight excluding hydrogens is 275 g/mol. The number of rotatable bonds is 5. The van der Waals surface area contributed by atoms with Crippen LogP contribution in [-0.4, -0.2) is 41.8 Å². The van der Waals surface area contributed by atoms with E-state index in [1.165, 1.54) is 18.2 Å². The molecule has 1 heterocycles. The van der Waals surface area contributed by atoms with E-state index in [0.29, 0.717) is 24.6 Å². The number of amides is 2. The average molecular weight is 296 g/mol. The zero-order valence-corrected chi connectivity index (χ0v) is 12.1. The van der Waals surface area contributed by atoms with Crippen molar-refractivity contribution in [3.8, 4) is 5.75 Å².